The Bertz CT molecular complexity index is 458. The van der Waals surface area contributed by atoms with Crippen molar-refractivity contribution in [1.29, 1.82) is 0 Å². The molecule has 0 saturated heterocycles. The molecular weight excluding hydrogens is 238 g/mol. The Labute approximate surface area is 115 Å². The minimum absolute atomic E-state index is 0.126. The van der Waals surface area contributed by atoms with Crippen LogP contribution in [0.25, 0.3) is 0 Å². The van der Waals surface area contributed by atoms with Gasteiger partial charge in [-0.15, -0.1) is 0 Å². The lowest BCUT2D eigenvalue weighted by Gasteiger charge is -2.28. The highest BCUT2D eigenvalue weighted by molar-refractivity contribution is 5.85. The largest absolute Gasteiger partial charge is 0.359 e. The second kappa shape index (κ2) is 5.61. The van der Waals surface area contributed by atoms with Crippen LogP contribution < -0.4 is 10.6 Å². The smallest absolute Gasteiger partial charge is 0.244 e. The number of amides is 1. The predicted molar refractivity (Wildman–Crippen MR) is 78.4 cm³/mol. The maximum Gasteiger partial charge on any atom is 0.244 e. The van der Waals surface area contributed by atoms with Crippen molar-refractivity contribution in [2.45, 2.75) is 25.3 Å². The number of nitrogens with two attached hydrogens (primary N) is 1. The van der Waals surface area contributed by atoms with Gasteiger partial charge in [-0.3, -0.25) is 4.79 Å². The highest BCUT2D eigenvalue weighted by Crippen LogP contribution is 2.38. The van der Waals surface area contributed by atoms with Crippen LogP contribution in [0.1, 0.15) is 24.8 Å². The van der Waals surface area contributed by atoms with Crippen LogP contribution in [0.15, 0.2) is 24.3 Å². The molecule has 0 aromatic heterocycles. The summed E-state index contributed by atoms with van der Waals surface area (Å²) in [6, 6.07) is 8.22. The first kappa shape index (κ1) is 13.9. The fourth-order valence-electron chi connectivity index (χ4n) is 2.85. The number of hydrogen-bond acceptors (Lipinski definition) is 3. The van der Waals surface area contributed by atoms with Crippen LogP contribution in [-0.4, -0.2) is 44.0 Å². The van der Waals surface area contributed by atoms with Gasteiger partial charge in [-0.2, -0.15) is 0 Å². The van der Waals surface area contributed by atoms with Gasteiger partial charge in [0.15, 0.2) is 0 Å². The SMILES string of the molecule is CC(C(=O)N(C)C)N1CC(CCN)c2ccccc21. The summed E-state index contributed by atoms with van der Waals surface area (Å²) >= 11 is 0. The van der Waals surface area contributed by atoms with E-state index >= 15 is 0 Å². The number of nitrogens with zero attached hydrogens (tertiary/aromatic N) is 2. The van der Waals surface area contributed by atoms with Crippen LogP contribution in [-0.2, 0) is 4.79 Å². The second-order valence-corrected chi connectivity index (χ2v) is 5.39. The number of likely N-dealkylation sites (N-methyl/N-ethyl adjacent to an activating group) is 1. The van der Waals surface area contributed by atoms with E-state index in [1.165, 1.54) is 11.3 Å². The van der Waals surface area contributed by atoms with E-state index < -0.39 is 0 Å². The molecule has 104 valence electrons. The Morgan fingerprint density at radius 2 is 2.16 bits per heavy atom. The van der Waals surface area contributed by atoms with E-state index in [0.717, 1.165) is 13.0 Å². The second-order valence-electron chi connectivity index (χ2n) is 5.39. The summed E-state index contributed by atoms with van der Waals surface area (Å²) in [6.07, 6.45) is 0.969. The number of hydrogen-bond donors (Lipinski definition) is 1. The Hall–Kier alpha value is -1.55. The van der Waals surface area contributed by atoms with E-state index in [0.29, 0.717) is 12.5 Å². The Kier molecular flexibility index (Phi) is 4.10. The minimum atomic E-state index is -0.126. The summed E-state index contributed by atoms with van der Waals surface area (Å²) in [5.74, 6) is 0.585. The molecule has 1 aliphatic heterocycles. The molecule has 4 heteroatoms. The van der Waals surface area contributed by atoms with Gasteiger partial charge in [0.25, 0.3) is 0 Å². The third kappa shape index (κ3) is 2.59. The molecule has 0 fully saturated rings. The van der Waals surface area contributed by atoms with Crippen LogP contribution in [0.2, 0.25) is 0 Å². The van der Waals surface area contributed by atoms with Gasteiger partial charge in [0.05, 0.1) is 0 Å². The fourth-order valence-corrected chi connectivity index (χ4v) is 2.85. The molecule has 0 bridgehead atoms. The Balaban J connectivity index is 2.27. The number of carbonyl (C=O) groups is 1. The molecule has 19 heavy (non-hydrogen) atoms. The van der Waals surface area contributed by atoms with Gasteiger partial charge in [0, 0.05) is 32.2 Å². The van der Waals surface area contributed by atoms with E-state index in [1.54, 1.807) is 19.0 Å². The number of rotatable bonds is 4. The van der Waals surface area contributed by atoms with Crippen molar-refractivity contribution in [2.75, 3.05) is 32.1 Å². The standard InChI is InChI=1S/C15H23N3O/c1-11(15(19)17(2)3)18-10-12(8-9-16)13-6-4-5-7-14(13)18/h4-7,11-12H,8-10,16H2,1-3H3. The van der Waals surface area contributed by atoms with E-state index in [2.05, 4.69) is 23.1 Å². The minimum Gasteiger partial charge on any atom is -0.359 e. The monoisotopic (exact) mass is 261 g/mol. The van der Waals surface area contributed by atoms with Crippen molar-refractivity contribution in [3.05, 3.63) is 29.8 Å². The van der Waals surface area contributed by atoms with Crippen LogP contribution in [0.5, 0.6) is 0 Å². The summed E-state index contributed by atoms with van der Waals surface area (Å²) in [5.41, 5.74) is 8.21. The fraction of sp³-hybridized carbons (Fsp3) is 0.533. The number of benzene rings is 1. The van der Waals surface area contributed by atoms with Crippen molar-refractivity contribution in [1.82, 2.24) is 4.90 Å². The first-order valence-corrected chi connectivity index (χ1v) is 6.83. The van der Waals surface area contributed by atoms with Gasteiger partial charge in [-0.05, 0) is 31.5 Å². The Morgan fingerprint density at radius 3 is 2.79 bits per heavy atom. The van der Waals surface area contributed by atoms with Crippen molar-refractivity contribution < 1.29 is 4.79 Å². The van der Waals surface area contributed by atoms with Gasteiger partial charge >= 0.3 is 0 Å². The summed E-state index contributed by atoms with van der Waals surface area (Å²) in [4.78, 5) is 16.0. The van der Waals surface area contributed by atoms with E-state index in [-0.39, 0.29) is 11.9 Å². The molecular formula is C15H23N3O. The van der Waals surface area contributed by atoms with Crippen LogP contribution in [0, 0.1) is 0 Å². The summed E-state index contributed by atoms with van der Waals surface area (Å²) in [6.45, 7) is 3.55. The van der Waals surface area contributed by atoms with Gasteiger partial charge < -0.3 is 15.5 Å². The first-order chi connectivity index (χ1) is 9.06. The highest BCUT2D eigenvalue weighted by Gasteiger charge is 2.33. The lowest BCUT2D eigenvalue weighted by molar-refractivity contribution is -0.129. The molecule has 1 aromatic carbocycles. The number of para-hydroxylation sites is 1. The normalized spacial score (nSPS) is 19.2. The number of carbonyl (C=O) groups excluding carboxylic acids is 1. The van der Waals surface area contributed by atoms with Crippen LogP contribution in [0.4, 0.5) is 5.69 Å². The zero-order chi connectivity index (χ0) is 14.0. The van der Waals surface area contributed by atoms with Crippen LogP contribution in [0.3, 0.4) is 0 Å². The third-order valence-electron chi connectivity index (χ3n) is 3.88. The molecule has 2 atom stereocenters. The van der Waals surface area contributed by atoms with Crippen molar-refractivity contribution >= 4 is 11.6 Å². The molecule has 1 heterocycles. The van der Waals surface area contributed by atoms with Crippen molar-refractivity contribution in [2.24, 2.45) is 5.73 Å². The van der Waals surface area contributed by atoms with Crippen molar-refractivity contribution in [3.63, 3.8) is 0 Å². The van der Waals surface area contributed by atoms with E-state index in [1.807, 2.05) is 13.0 Å². The van der Waals surface area contributed by atoms with Gasteiger partial charge in [0.2, 0.25) is 5.91 Å². The molecule has 0 aliphatic carbocycles. The average Bonchev–Trinajstić information content (AvgIpc) is 2.77. The summed E-state index contributed by atoms with van der Waals surface area (Å²) in [5, 5.41) is 0. The number of fused-ring (bicyclic) bond motifs is 1. The maximum atomic E-state index is 12.2. The lowest BCUT2D eigenvalue weighted by atomic mass is 9.98. The van der Waals surface area contributed by atoms with E-state index in [9.17, 15) is 4.79 Å². The molecule has 1 aliphatic rings. The van der Waals surface area contributed by atoms with Crippen LogP contribution >= 0.6 is 0 Å². The van der Waals surface area contributed by atoms with Gasteiger partial charge in [0.1, 0.15) is 6.04 Å². The summed E-state index contributed by atoms with van der Waals surface area (Å²) in [7, 11) is 3.61. The zero-order valence-electron chi connectivity index (χ0n) is 12.0. The van der Waals surface area contributed by atoms with Gasteiger partial charge in [-0.25, -0.2) is 0 Å². The number of anilines is 1. The molecule has 0 radical (unpaired) electrons. The van der Waals surface area contributed by atoms with Gasteiger partial charge in [-0.1, -0.05) is 18.2 Å². The molecule has 1 aromatic rings. The molecule has 1 amide bonds. The first-order valence-electron chi connectivity index (χ1n) is 6.83. The quantitative estimate of drug-likeness (QED) is 0.891. The third-order valence-corrected chi connectivity index (χ3v) is 3.88. The molecule has 2 N–H and O–H groups in total. The van der Waals surface area contributed by atoms with Crippen molar-refractivity contribution in [3.8, 4) is 0 Å². The molecule has 0 saturated carbocycles. The molecule has 0 spiro atoms. The molecule has 2 unspecified atom stereocenters. The predicted octanol–water partition coefficient (Wildman–Crippen LogP) is 1.42. The Morgan fingerprint density at radius 1 is 1.47 bits per heavy atom. The zero-order valence-corrected chi connectivity index (χ0v) is 12.0. The summed E-state index contributed by atoms with van der Waals surface area (Å²) < 4.78 is 0. The molecule has 4 nitrogen and oxygen atoms in total. The lowest BCUT2D eigenvalue weighted by Crippen LogP contribution is -2.44. The highest BCUT2D eigenvalue weighted by atomic mass is 16.2. The average molecular weight is 261 g/mol. The van der Waals surface area contributed by atoms with E-state index in [4.69, 9.17) is 5.73 Å². The maximum absolute atomic E-state index is 12.2. The molecule has 2 rings (SSSR count). The topological polar surface area (TPSA) is 49.6 Å².